The van der Waals surface area contributed by atoms with Gasteiger partial charge in [-0.2, -0.15) is 0 Å². The van der Waals surface area contributed by atoms with Gasteiger partial charge >= 0.3 is 0 Å². The highest BCUT2D eigenvalue weighted by atomic mass is 79.9. The molecule has 1 aromatic heterocycles. The van der Waals surface area contributed by atoms with Crippen LogP contribution in [0.5, 0.6) is 5.75 Å². The number of nitrogens with one attached hydrogen (secondary N) is 1. The second-order valence-corrected chi connectivity index (χ2v) is 5.57. The first kappa shape index (κ1) is 15.1. The van der Waals surface area contributed by atoms with Crippen LogP contribution in [0.2, 0.25) is 0 Å². The molecule has 0 aliphatic rings. The predicted octanol–water partition coefficient (Wildman–Crippen LogP) is 3.52. The number of benzene rings is 1. The molecule has 2 aromatic rings. The summed E-state index contributed by atoms with van der Waals surface area (Å²) in [5.41, 5.74) is 2.22. The number of imidazole rings is 1. The average molecular weight is 338 g/mol. The molecule has 0 saturated heterocycles. The Morgan fingerprint density at radius 1 is 1.45 bits per heavy atom. The van der Waals surface area contributed by atoms with Crippen molar-refractivity contribution in [2.45, 2.75) is 33.0 Å². The maximum absolute atomic E-state index is 5.98. The number of nitrogens with zero attached hydrogens (tertiary/aromatic N) is 2. The first-order valence-electron chi connectivity index (χ1n) is 6.74. The van der Waals surface area contributed by atoms with Crippen molar-refractivity contribution < 1.29 is 4.74 Å². The topological polar surface area (TPSA) is 39.1 Å². The second-order valence-electron chi connectivity index (χ2n) is 4.65. The third kappa shape index (κ3) is 3.41. The van der Waals surface area contributed by atoms with Gasteiger partial charge in [0.25, 0.3) is 0 Å². The van der Waals surface area contributed by atoms with E-state index in [0.717, 1.165) is 28.0 Å². The van der Waals surface area contributed by atoms with Gasteiger partial charge in [0.1, 0.15) is 12.4 Å². The Morgan fingerprint density at radius 2 is 2.25 bits per heavy atom. The summed E-state index contributed by atoms with van der Waals surface area (Å²) in [5.74, 6) is 0.902. The molecule has 0 radical (unpaired) electrons. The van der Waals surface area contributed by atoms with Crippen LogP contribution >= 0.6 is 15.9 Å². The number of halogens is 1. The minimum atomic E-state index is 0.235. The van der Waals surface area contributed by atoms with Crippen LogP contribution in [0.25, 0.3) is 0 Å². The lowest BCUT2D eigenvalue weighted by Crippen LogP contribution is -2.14. The smallest absolute Gasteiger partial charge is 0.130 e. The normalized spacial score (nSPS) is 12.4. The summed E-state index contributed by atoms with van der Waals surface area (Å²) in [4.78, 5) is 4.16. The number of ether oxygens (including phenoxy) is 1. The molecule has 1 unspecified atom stereocenters. The van der Waals surface area contributed by atoms with Crippen LogP contribution in [0.4, 0.5) is 0 Å². The third-order valence-corrected chi connectivity index (χ3v) is 3.88. The molecule has 0 amide bonds. The lowest BCUT2D eigenvalue weighted by molar-refractivity contribution is 0.290. The minimum absolute atomic E-state index is 0.235. The monoisotopic (exact) mass is 337 g/mol. The van der Waals surface area contributed by atoms with Crippen LogP contribution < -0.4 is 10.1 Å². The van der Waals surface area contributed by atoms with Crippen molar-refractivity contribution >= 4 is 15.9 Å². The fourth-order valence-electron chi connectivity index (χ4n) is 2.05. The quantitative estimate of drug-likeness (QED) is 0.876. The van der Waals surface area contributed by atoms with Crippen molar-refractivity contribution in [3.63, 3.8) is 0 Å². The molecular weight excluding hydrogens is 318 g/mol. The van der Waals surface area contributed by atoms with Gasteiger partial charge in [-0.15, -0.1) is 0 Å². The molecular formula is C15H20BrN3O. The molecule has 108 valence electrons. The van der Waals surface area contributed by atoms with E-state index in [4.69, 9.17) is 4.74 Å². The zero-order valence-corrected chi connectivity index (χ0v) is 13.6. The van der Waals surface area contributed by atoms with Gasteiger partial charge in [-0.3, -0.25) is 0 Å². The molecule has 1 aromatic carbocycles. The molecule has 0 aliphatic carbocycles. The van der Waals surface area contributed by atoms with Crippen molar-refractivity contribution in [2.75, 3.05) is 7.05 Å². The van der Waals surface area contributed by atoms with Crippen LogP contribution in [-0.4, -0.2) is 16.6 Å². The third-order valence-electron chi connectivity index (χ3n) is 3.39. The summed E-state index contributed by atoms with van der Waals surface area (Å²) in [7, 11) is 1.95. The highest BCUT2D eigenvalue weighted by Gasteiger charge is 2.11. The van der Waals surface area contributed by atoms with Crippen molar-refractivity contribution in [3.05, 3.63) is 46.5 Å². The van der Waals surface area contributed by atoms with Crippen molar-refractivity contribution in [1.29, 1.82) is 0 Å². The van der Waals surface area contributed by atoms with E-state index in [2.05, 4.69) is 50.7 Å². The van der Waals surface area contributed by atoms with Crippen LogP contribution in [-0.2, 0) is 13.2 Å². The molecule has 4 nitrogen and oxygen atoms in total. The SMILES string of the molecule is CCn1cncc1COc1ccc(Br)cc1C(C)NC. The zero-order chi connectivity index (χ0) is 14.5. The van der Waals surface area contributed by atoms with Gasteiger partial charge < -0.3 is 14.6 Å². The lowest BCUT2D eigenvalue weighted by atomic mass is 10.1. The highest BCUT2D eigenvalue weighted by molar-refractivity contribution is 9.10. The maximum Gasteiger partial charge on any atom is 0.130 e. The Balaban J connectivity index is 2.17. The highest BCUT2D eigenvalue weighted by Crippen LogP contribution is 2.29. The number of rotatable bonds is 6. The van der Waals surface area contributed by atoms with E-state index in [1.165, 1.54) is 0 Å². The number of aryl methyl sites for hydroxylation is 1. The molecule has 1 N–H and O–H groups in total. The maximum atomic E-state index is 5.98. The first-order chi connectivity index (χ1) is 9.65. The number of aromatic nitrogens is 2. The van der Waals surface area contributed by atoms with E-state index in [9.17, 15) is 0 Å². The van der Waals surface area contributed by atoms with Crippen LogP contribution in [0.3, 0.4) is 0 Å². The van der Waals surface area contributed by atoms with Crippen molar-refractivity contribution in [2.24, 2.45) is 0 Å². The van der Waals surface area contributed by atoms with Crippen LogP contribution in [0, 0.1) is 0 Å². The van der Waals surface area contributed by atoms with Gasteiger partial charge in [-0.1, -0.05) is 15.9 Å². The van der Waals surface area contributed by atoms with E-state index in [-0.39, 0.29) is 6.04 Å². The van der Waals surface area contributed by atoms with E-state index >= 15 is 0 Å². The van der Waals surface area contributed by atoms with E-state index < -0.39 is 0 Å². The summed E-state index contributed by atoms with van der Waals surface area (Å²) in [6.45, 7) is 5.64. The number of hydrogen-bond acceptors (Lipinski definition) is 3. The van der Waals surface area contributed by atoms with E-state index in [0.29, 0.717) is 6.61 Å². The van der Waals surface area contributed by atoms with Gasteiger partial charge in [0, 0.05) is 22.6 Å². The van der Waals surface area contributed by atoms with Gasteiger partial charge in [-0.25, -0.2) is 4.98 Å². The predicted molar refractivity (Wildman–Crippen MR) is 83.8 cm³/mol. The summed E-state index contributed by atoms with van der Waals surface area (Å²) in [5, 5.41) is 3.25. The Hall–Kier alpha value is -1.33. The summed E-state index contributed by atoms with van der Waals surface area (Å²) < 4.78 is 9.12. The standard InChI is InChI=1S/C15H20BrN3O/c1-4-19-10-18-8-13(19)9-20-15-6-5-12(16)7-14(15)11(2)17-3/h5-8,10-11,17H,4,9H2,1-3H3. The summed E-state index contributed by atoms with van der Waals surface area (Å²) >= 11 is 3.51. The molecule has 0 spiro atoms. The first-order valence-corrected chi connectivity index (χ1v) is 7.53. The largest absolute Gasteiger partial charge is 0.487 e. The van der Waals surface area contributed by atoms with Crippen molar-refractivity contribution in [3.8, 4) is 5.75 Å². The van der Waals surface area contributed by atoms with Crippen molar-refractivity contribution in [1.82, 2.24) is 14.9 Å². The molecule has 0 fully saturated rings. The molecule has 20 heavy (non-hydrogen) atoms. The van der Waals surface area contributed by atoms with E-state index in [1.54, 1.807) is 0 Å². The summed E-state index contributed by atoms with van der Waals surface area (Å²) in [6, 6.07) is 6.32. The Morgan fingerprint density at radius 3 is 2.95 bits per heavy atom. The van der Waals surface area contributed by atoms with Gasteiger partial charge in [0.05, 0.1) is 18.2 Å². The van der Waals surface area contributed by atoms with Gasteiger partial charge in [0.2, 0.25) is 0 Å². The molecule has 0 aliphatic heterocycles. The Bertz CT molecular complexity index is 568. The molecule has 2 rings (SSSR count). The molecule has 0 saturated carbocycles. The fraction of sp³-hybridized carbons (Fsp3) is 0.400. The molecule has 0 bridgehead atoms. The number of hydrogen-bond donors (Lipinski definition) is 1. The summed E-state index contributed by atoms with van der Waals surface area (Å²) in [6.07, 6.45) is 3.68. The zero-order valence-electron chi connectivity index (χ0n) is 12.1. The lowest BCUT2D eigenvalue weighted by Gasteiger charge is -2.17. The van der Waals surface area contributed by atoms with E-state index in [1.807, 2.05) is 31.7 Å². The Kier molecular flexibility index (Phi) is 5.20. The fourth-order valence-corrected chi connectivity index (χ4v) is 2.43. The minimum Gasteiger partial charge on any atom is -0.487 e. The van der Waals surface area contributed by atoms with Gasteiger partial charge in [-0.05, 0) is 39.1 Å². The molecule has 1 atom stereocenters. The molecule has 5 heteroatoms. The van der Waals surface area contributed by atoms with Gasteiger partial charge in [0.15, 0.2) is 0 Å². The Labute approximate surface area is 128 Å². The molecule has 1 heterocycles. The average Bonchev–Trinajstić information content (AvgIpc) is 2.92. The van der Waals surface area contributed by atoms with Crippen LogP contribution in [0.15, 0.2) is 35.2 Å². The second kappa shape index (κ2) is 6.90. The van der Waals surface area contributed by atoms with Crippen LogP contribution in [0.1, 0.15) is 31.1 Å².